The first kappa shape index (κ1) is 15.9. The van der Waals surface area contributed by atoms with Crippen LogP contribution < -0.4 is 4.74 Å². The molecule has 5 heteroatoms. The number of aliphatic hydroxyl groups is 1. The third-order valence-electron chi connectivity index (χ3n) is 3.28. The van der Waals surface area contributed by atoms with Crippen molar-refractivity contribution in [3.05, 3.63) is 29.8 Å². The molecule has 0 atom stereocenters. The largest absolute Gasteiger partial charge is 0.494 e. The highest BCUT2D eigenvalue weighted by molar-refractivity contribution is 7.12. The minimum Gasteiger partial charge on any atom is -0.494 e. The monoisotopic (exact) mass is 306 g/mol. The maximum absolute atomic E-state index is 8.69. The average Bonchev–Trinajstić information content (AvgIpc) is 3.05. The summed E-state index contributed by atoms with van der Waals surface area (Å²) in [6.07, 6.45) is 6.75. The van der Waals surface area contributed by atoms with E-state index in [1.807, 2.05) is 24.3 Å². The molecule has 0 fully saturated rings. The van der Waals surface area contributed by atoms with Crippen LogP contribution in [0.4, 0.5) is 0 Å². The van der Waals surface area contributed by atoms with Crippen LogP contribution >= 0.6 is 11.3 Å². The van der Waals surface area contributed by atoms with Gasteiger partial charge in [-0.2, -0.15) is 0 Å². The van der Waals surface area contributed by atoms with Gasteiger partial charge in [0.15, 0.2) is 0 Å². The summed E-state index contributed by atoms with van der Waals surface area (Å²) in [6, 6.07) is 8.01. The van der Waals surface area contributed by atoms with E-state index in [0.717, 1.165) is 42.2 Å². The molecule has 0 amide bonds. The van der Waals surface area contributed by atoms with Gasteiger partial charge in [0.1, 0.15) is 16.3 Å². The van der Waals surface area contributed by atoms with Crippen LogP contribution in [0.25, 0.3) is 10.6 Å². The average molecular weight is 306 g/mol. The lowest BCUT2D eigenvalue weighted by molar-refractivity contribution is 0.280. The second kappa shape index (κ2) is 9.47. The van der Waals surface area contributed by atoms with Gasteiger partial charge in [-0.25, -0.2) is 0 Å². The summed E-state index contributed by atoms with van der Waals surface area (Å²) >= 11 is 1.54. The van der Waals surface area contributed by atoms with Gasteiger partial charge in [-0.15, -0.1) is 10.2 Å². The fourth-order valence-corrected chi connectivity index (χ4v) is 2.66. The Balaban J connectivity index is 1.61. The quantitative estimate of drug-likeness (QED) is 0.676. The van der Waals surface area contributed by atoms with Gasteiger partial charge in [0, 0.05) is 12.2 Å². The zero-order valence-electron chi connectivity index (χ0n) is 12.2. The van der Waals surface area contributed by atoms with Crippen molar-refractivity contribution in [3.8, 4) is 16.3 Å². The molecule has 21 heavy (non-hydrogen) atoms. The number of hydrogen-bond acceptors (Lipinski definition) is 5. The molecule has 4 nitrogen and oxygen atoms in total. The van der Waals surface area contributed by atoms with Gasteiger partial charge in [-0.05, 0) is 37.1 Å². The summed E-state index contributed by atoms with van der Waals surface area (Å²) < 4.78 is 5.73. The van der Waals surface area contributed by atoms with Crippen LogP contribution in [-0.4, -0.2) is 28.5 Å². The summed E-state index contributed by atoms with van der Waals surface area (Å²) in [5.74, 6) is 0.906. The minimum absolute atomic E-state index is 0.316. The van der Waals surface area contributed by atoms with Gasteiger partial charge in [0.2, 0.25) is 0 Å². The fraction of sp³-hybridized carbons (Fsp3) is 0.500. The summed E-state index contributed by atoms with van der Waals surface area (Å²) in [5.41, 5.74) is 2.81. The second-order valence-electron chi connectivity index (χ2n) is 4.96. The number of aliphatic hydroxyl groups excluding tert-OH is 1. The van der Waals surface area contributed by atoms with E-state index in [0.29, 0.717) is 6.61 Å². The lowest BCUT2D eigenvalue weighted by atomic mass is 10.1. The topological polar surface area (TPSA) is 55.2 Å². The van der Waals surface area contributed by atoms with E-state index in [-0.39, 0.29) is 0 Å². The predicted molar refractivity (Wildman–Crippen MR) is 85.6 cm³/mol. The molecule has 1 aromatic carbocycles. The molecular weight excluding hydrogens is 284 g/mol. The summed E-state index contributed by atoms with van der Waals surface area (Å²) in [5, 5.41) is 17.5. The zero-order chi connectivity index (χ0) is 14.8. The molecule has 0 saturated heterocycles. The molecular formula is C16H22N2O2S. The molecule has 0 aliphatic heterocycles. The van der Waals surface area contributed by atoms with Crippen LogP contribution in [0.15, 0.2) is 29.8 Å². The highest BCUT2D eigenvalue weighted by Crippen LogP contribution is 2.23. The van der Waals surface area contributed by atoms with Crippen LogP contribution in [-0.2, 0) is 0 Å². The number of aromatic nitrogens is 2. The van der Waals surface area contributed by atoms with E-state index < -0.39 is 0 Å². The molecule has 0 bridgehead atoms. The highest BCUT2D eigenvalue weighted by Gasteiger charge is 2.01. The number of nitrogens with zero attached hydrogens (tertiary/aromatic N) is 2. The van der Waals surface area contributed by atoms with E-state index in [1.54, 1.807) is 5.51 Å². The smallest absolute Gasteiger partial charge is 0.147 e. The Morgan fingerprint density at radius 2 is 1.67 bits per heavy atom. The molecule has 1 N–H and O–H groups in total. The van der Waals surface area contributed by atoms with E-state index in [2.05, 4.69) is 10.2 Å². The SMILES string of the molecule is OCCCCCCCCOc1ccc(-c2nncs2)cc1. The first-order valence-corrected chi connectivity index (χ1v) is 8.38. The Morgan fingerprint density at radius 1 is 0.952 bits per heavy atom. The number of ether oxygens (including phenoxy) is 1. The van der Waals surface area contributed by atoms with Crippen molar-refractivity contribution in [2.45, 2.75) is 38.5 Å². The van der Waals surface area contributed by atoms with E-state index in [9.17, 15) is 0 Å². The molecule has 2 rings (SSSR count). The number of benzene rings is 1. The normalized spacial score (nSPS) is 10.7. The van der Waals surface area contributed by atoms with Gasteiger partial charge in [0.25, 0.3) is 0 Å². The van der Waals surface area contributed by atoms with Crippen molar-refractivity contribution in [2.75, 3.05) is 13.2 Å². The Bertz CT molecular complexity index is 485. The van der Waals surface area contributed by atoms with Gasteiger partial charge in [-0.3, -0.25) is 0 Å². The van der Waals surface area contributed by atoms with Gasteiger partial charge >= 0.3 is 0 Å². The third kappa shape index (κ3) is 5.81. The van der Waals surface area contributed by atoms with Gasteiger partial charge in [-0.1, -0.05) is 37.0 Å². The summed E-state index contributed by atoms with van der Waals surface area (Å²) in [4.78, 5) is 0. The number of unbranched alkanes of at least 4 members (excludes halogenated alkanes) is 5. The predicted octanol–water partition coefficient (Wildman–Crippen LogP) is 3.92. The van der Waals surface area contributed by atoms with Crippen LogP contribution in [0.1, 0.15) is 38.5 Å². The van der Waals surface area contributed by atoms with Crippen LogP contribution in [0.3, 0.4) is 0 Å². The first-order valence-electron chi connectivity index (χ1n) is 7.50. The van der Waals surface area contributed by atoms with E-state index in [4.69, 9.17) is 9.84 Å². The summed E-state index contributed by atoms with van der Waals surface area (Å²) in [7, 11) is 0. The van der Waals surface area contributed by atoms with Crippen LogP contribution in [0.5, 0.6) is 5.75 Å². The van der Waals surface area contributed by atoms with Crippen molar-refractivity contribution in [3.63, 3.8) is 0 Å². The van der Waals surface area contributed by atoms with Crippen LogP contribution in [0.2, 0.25) is 0 Å². The van der Waals surface area contributed by atoms with Gasteiger partial charge < -0.3 is 9.84 Å². The number of rotatable bonds is 10. The van der Waals surface area contributed by atoms with Gasteiger partial charge in [0.05, 0.1) is 6.61 Å². The van der Waals surface area contributed by atoms with Crippen molar-refractivity contribution in [1.29, 1.82) is 0 Å². The van der Waals surface area contributed by atoms with Crippen molar-refractivity contribution in [2.24, 2.45) is 0 Å². The Labute approximate surface area is 129 Å². The molecule has 114 valence electrons. The fourth-order valence-electron chi connectivity index (χ4n) is 2.10. The lowest BCUT2D eigenvalue weighted by Crippen LogP contribution is -1.97. The van der Waals surface area contributed by atoms with E-state index in [1.165, 1.54) is 30.6 Å². The Morgan fingerprint density at radius 3 is 2.33 bits per heavy atom. The first-order chi connectivity index (χ1) is 10.4. The molecule has 0 aliphatic rings. The van der Waals surface area contributed by atoms with E-state index >= 15 is 0 Å². The molecule has 2 aromatic rings. The maximum atomic E-state index is 8.69. The molecule has 1 aromatic heterocycles. The van der Waals surface area contributed by atoms with Crippen molar-refractivity contribution in [1.82, 2.24) is 10.2 Å². The zero-order valence-corrected chi connectivity index (χ0v) is 13.0. The molecule has 0 radical (unpaired) electrons. The maximum Gasteiger partial charge on any atom is 0.147 e. The standard InChI is InChI=1S/C16H22N2O2S/c19-11-5-3-1-2-4-6-12-20-15-9-7-14(8-10-15)16-18-17-13-21-16/h7-10,13,19H,1-6,11-12H2. The Hall–Kier alpha value is -1.46. The summed E-state index contributed by atoms with van der Waals surface area (Å²) in [6.45, 7) is 1.08. The minimum atomic E-state index is 0.316. The lowest BCUT2D eigenvalue weighted by Gasteiger charge is -2.06. The third-order valence-corrected chi connectivity index (χ3v) is 4.02. The molecule has 1 heterocycles. The molecule has 0 spiro atoms. The Kier molecular flexibility index (Phi) is 7.18. The second-order valence-corrected chi connectivity index (χ2v) is 5.79. The van der Waals surface area contributed by atoms with Crippen molar-refractivity contribution >= 4 is 11.3 Å². The highest BCUT2D eigenvalue weighted by atomic mass is 32.1. The molecule has 0 saturated carbocycles. The number of hydrogen-bond donors (Lipinski definition) is 1. The van der Waals surface area contributed by atoms with Crippen LogP contribution in [0, 0.1) is 0 Å². The molecule has 0 aliphatic carbocycles. The molecule has 0 unspecified atom stereocenters. The van der Waals surface area contributed by atoms with Crippen molar-refractivity contribution < 1.29 is 9.84 Å².